The second-order valence-electron chi connectivity index (χ2n) is 3.47. The Morgan fingerprint density at radius 2 is 2.07 bits per heavy atom. The largest absolute Gasteiger partial charge is 0.508 e. The minimum Gasteiger partial charge on any atom is -0.508 e. The van der Waals surface area contributed by atoms with Crippen LogP contribution in [0.3, 0.4) is 0 Å². The van der Waals surface area contributed by atoms with Gasteiger partial charge in [0.05, 0.1) is 4.90 Å². The van der Waals surface area contributed by atoms with Crippen molar-refractivity contribution < 1.29 is 13.5 Å². The zero-order chi connectivity index (χ0) is 11.6. The average Bonchev–Trinajstić information content (AvgIpc) is 2.15. The van der Waals surface area contributed by atoms with Crippen LogP contribution in [-0.2, 0) is 9.05 Å². The molecule has 0 bridgehead atoms. The van der Waals surface area contributed by atoms with Crippen molar-refractivity contribution in [2.24, 2.45) is 0 Å². The molecule has 0 amide bonds. The molecular weight excluding hydrogens is 236 g/mol. The maximum atomic E-state index is 11.1. The van der Waals surface area contributed by atoms with Gasteiger partial charge in [0.1, 0.15) is 5.75 Å². The Labute approximate surface area is 94.1 Å². The summed E-state index contributed by atoms with van der Waals surface area (Å²) < 4.78 is 22.2. The molecule has 1 aromatic carbocycles. The first-order chi connectivity index (χ1) is 6.86. The summed E-state index contributed by atoms with van der Waals surface area (Å²) in [6, 6.07) is 4.08. The number of hydrogen-bond acceptors (Lipinski definition) is 3. The minimum atomic E-state index is -3.72. The summed E-state index contributed by atoms with van der Waals surface area (Å²) in [5.74, 6) is 0.205. The maximum absolute atomic E-state index is 11.1. The quantitative estimate of drug-likeness (QED) is 0.837. The number of halogens is 1. The fraction of sp³-hybridized carbons (Fsp3) is 0.400. The standard InChI is InChI=1S/C10H13ClO3S/c1-3-7(2)9-6-8(15(11,13)14)4-5-10(9)12/h4-7,12H,3H2,1-2H3. The van der Waals surface area contributed by atoms with Gasteiger partial charge in [0.2, 0.25) is 0 Å². The maximum Gasteiger partial charge on any atom is 0.261 e. The van der Waals surface area contributed by atoms with Crippen LogP contribution in [0.15, 0.2) is 23.1 Å². The van der Waals surface area contributed by atoms with E-state index in [2.05, 4.69) is 0 Å². The molecule has 15 heavy (non-hydrogen) atoms. The van der Waals surface area contributed by atoms with E-state index in [0.717, 1.165) is 6.42 Å². The lowest BCUT2D eigenvalue weighted by Crippen LogP contribution is -1.96. The summed E-state index contributed by atoms with van der Waals surface area (Å²) >= 11 is 0. The van der Waals surface area contributed by atoms with Gasteiger partial charge in [0.15, 0.2) is 0 Å². The first-order valence-corrected chi connectivity index (χ1v) is 6.94. The average molecular weight is 249 g/mol. The first-order valence-electron chi connectivity index (χ1n) is 4.63. The molecule has 1 N–H and O–H groups in total. The zero-order valence-electron chi connectivity index (χ0n) is 8.57. The Hall–Kier alpha value is -0.740. The lowest BCUT2D eigenvalue weighted by molar-refractivity contribution is 0.461. The predicted molar refractivity (Wildman–Crippen MR) is 59.9 cm³/mol. The van der Waals surface area contributed by atoms with E-state index in [0.29, 0.717) is 5.56 Å². The lowest BCUT2D eigenvalue weighted by Gasteiger charge is -2.11. The third-order valence-corrected chi connectivity index (χ3v) is 3.78. The van der Waals surface area contributed by atoms with Gasteiger partial charge in [-0.05, 0) is 36.1 Å². The molecule has 0 fully saturated rings. The normalized spacial score (nSPS) is 13.8. The fourth-order valence-corrected chi connectivity index (χ4v) is 2.09. The van der Waals surface area contributed by atoms with Crippen molar-refractivity contribution in [3.05, 3.63) is 23.8 Å². The molecule has 1 rings (SSSR count). The van der Waals surface area contributed by atoms with Gasteiger partial charge in [-0.1, -0.05) is 13.8 Å². The Bertz CT molecular complexity index is 454. The van der Waals surface area contributed by atoms with Crippen molar-refractivity contribution >= 4 is 19.7 Å². The molecule has 5 heteroatoms. The number of hydrogen-bond donors (Lipinski definition) is 1. The van der Waals surface area contributed by atoms with E-state index in [9.17, 15) is 13.5 Å². The summed E-state index contributed by atoms with van der Waals surface area (Å²) in [7, 11) is 1.50. The second kappa shape index (κ2) is 4.41. The lowest BCUT2D eigenvalue weighted by atomic mass is 9.98. The van der Waals surface area contributed by atoms with Crippen molar-refractivity contribution in [1.82, 2.24) is 0 Å². The summed E-state index contributed by atoms with van der Waals surface area (Å²) in [5, 5.41) is 9.56. The molecule has 0 spiro atoms. The highest BCUT2D eigenvalue weighted by atomic mass is 35.7. The Kier molecular flexibility index (Phi) is 3.62. The molecule has 0 aromatic heterocycles. The fourth-order valence-electron chi connectivity index (χ4n) is 1.30. The van der Waals surface area contributed by atoms with Crippen molar-refractivity contribution in [2.75, 3.05) is 0 Å². The smallest absolute Gasteiger partial charge is 0.261 e. The molecule has 0 aliphatic rings. The molecule has 0 saturated carbocycles. The van der Waals surface area contributed by atoms with Crippen molar-refractivity contribution in [3.63, 3.8) is 0 Å². The molecule has 0 heterocycles. The van der Waals surface area contributed by atoms with Crippen LogP contribution >= 0.6 is 10.7 Å². The minimum absolute atomic E-state index is 0.0252. The zero-order valence-corrected chi connectivity index (χ0v) is 10.1. The van der Waals surface area contributed by atoms with Crippen LogP contribution in [0.5, 0.6) is 5.75 Å². The summed E-state index contributed by atoms with van der Waals surface area (Å²) in [4.78, 5) is 0.0252. The first kappa shape index (κ1) is 12.3. The molecule has 0 aliphatic heterocycles. The van der Waals surface area contributed by atoms with E-state index >= 15 is 0 Å². The molecule has 0 radical (unpaired) electrons. The van der Waals surface area contributed by atoms with E-state index in [1.807, 2.05) is 13.8 Å². The van der Waals surface area contributed by atoms with E-state index < -0.39 is 9.05 Å². The van der Waals surface area contributed by atoms with Crippen LogP contribution in [0.25, 0.3) is 0 Å². The number of phenolic OH excluding ortho intramolecular Hbond substituents is 1. The van der Waals surface area contributed by atoms with Crippen LogP contribution in [0, 0.1) is 0 Å². The highest BCUT2D eigenvalue weighted by Gasteiger charge is 2.15. The van der Waals surface area contributed by atoms with Crippen molar-refractivity contribution in [2.45, 2.75) is 31.1 Å². The molecule has 0 aliphatic carbocycles. The van der Waals surface area contributed by atoms with Gasteiger partial charge >= 0.3 is 0 Å². The Morgan fingerprint density at radius 3 is 2.53 bits per heavy atom. The molecule has 1 atom stereocenters. The highest BCUT2D eigenvalue weighted by Crippen LogP contribution is 2.30. The van der Waals surface area contributed by atoms with Gasteiger partial charge < -0.3 is 5.11 Å². The van der Waals surface area contributed by atoms with Gasteiger partial charge in [0.25, 0.3) is 9.05 Å². The van der Waals surface area contributed by atoms with Gasteiger partial charge in [-0.2, -0.15) is 0 Å². The number of phenols is 1. The van der Waals surface area contributed by atoms with Gasteiger partial charge in [-0.3, -0.25) is 0 Å². The van der Waals surface area contributed by atoms with E-state index in [1.54, 1.807) is 0 Å². The number of aromatic hydroxyl groups is 1. The van der Waals surface area contributed by atoms with Crippen LogP contribution in [-0.4, -0.2) is 13.5 Å². The summed E-state index contributed by atoms with van der Waals surface area (Å²) in [5.41, 5.74) is 0.610. The third-order valence-electron chi connectivity index (χ3n) is 2.42. The van der Waals surface area contributed by atoms with Gasteiger partial charge in [-0.25, -0.2) is 8.42 Å². The predicted octanol–water partition coefficient (Wildman–Crippen LogP) is 2.83. The monoisotopic (exact) mass is 248 g/mol. The molecule has 3 nitrogen and oxygen atoms in total. The summed E-state index contributed by atoms with van der Waals surface area (Å²) in [6.45, 7) is 3.88. The second-order valence-corrected chi connectivity index (χ2v) is 6.03. The van der Waals surface area contributed by atoms with Gasteiger partial charge in [0, 0.05) is 10.7 Å². The topological polar surface area (TPSA) is 54.4 Å². The Balaban J connectivity index is 3.29. The molecular formula is C10H13ClO3S. The van der Waals surface area contributed by atoms with Crippen LogP contribution in [0.2, 0.25) is 0 Å². The van der Waals surface area contributed by atoms with E-state index in [4.69, 9.17) is 10.7 Å². The van der Waals surface area contributed by atoms with Crippen molar-refractivity contribution in [3.8, 4) is 5.75 Å². The highest BCUT2D eigenvalue weighted by molar-refractivity contribution is 8.13. The van der Waals surface area contributed by atoms with Crippen LogP contribution < -0.4 is 0 Å². The summed E-state index contributed by atoms with van der Waals surface area (Å²) in [6.07, 6.45) is 0.819. The Morgan fingerprint density at radius 1 is 1.47 bits per heavy atom. The molecule has 0 saturated heterocycles. The van der Waals surface area contributed by atoms with Crippen LogP contribution in [0.1, 0.15) is 31.7 Å². The third kappa shape index (κ3) is 2.86. The van der Waals surface area contributed by atoms with Crippen LogP contribution in [0.4, 0.5) is 0 Å². The van der Waals surface area contributed by atoms with E-state index in [1.165, 1.54) is 18.2 Å². The number of benzene rings is 1. The SMILES string of the molecule is CCC(C)c1cc(S(=O)(=O)Cl)ccc1O. The van der Waals surface area contributed by atoms with E-state index in [-0.39, 0.29) is 16.6 Å². The molecule has 84 valence electrons. The molecule has 1 aromatic rings. The van der Waals surface area contributed by atoms with Gasteiger partial charge in [-0.15, -0.1) is 0 Å². The van der Waals surface area contributed by atoms with Crippen molar-refractivity contribution in [1.29, 1.82) is 0 Å². The molecule has 1 unspecified atom stereocenters. The number of rotatable bonds is 3.